The Labute approximate surface area is 164 Å². The molecule has 7 heteroatoms. The van der Waals surface area contributed by atoms with Crippen molar-refractivity contribution in [2.75, 3.05) is 6.54 Å². The fourth-order valence-corrected chi connectivity index (χ4v) is 4.10. The minimum absolute atomic E-state index is 0.0528. The first-order valence-electron chi connectivity index (χ1n) is 10.2. The standard InChI is InChI=1S/C21H30F2N2O3/c1-20(2,3)18-13-15(24-28-18)12-17(26)16-6-4-5-11-25(16)19(27)14-7-9-21(22,23)10-8-14/h13-14,16H,4-12H2,1-3H3. The Hall–Kier alpha value is -1.79. The van der Waals surface area contributed by atoms with E-state index < -0.39 is 17.9 Å². The average Bonchev–Trinajstić information content (AvgIpc) is 3.10. The van der Waals surface area contributed by atoms with Crippen LogP contribution < -0.4 is 0 Å². The fourth-order valence-electron chi connectivity index (χ4n) is 4.10. The number of amides is 1. The van der Waals surface area contributed by atoms with Gasteiger partial charge in [0.05, 0.1) is 18.2 Å². The summed E-state index contributed by atoms with van der Waals surface area (Å²) in [7, 11) is 0. The number of alkyl halides is 2. The molecule has 2 heterocycles. The van der Waals surface area contributed by atoms with E-state index in [0.717, 1.165) is 18.6 Å². The number of hydrogen-bond acceptors (Lipinski definition) is 4. The summed E-state index contributed by atoms with van der Waals surface area (Å²) in [6.45, 7) is 6.55. The molecule has 1 atom stereocenters. The lowest BCUT2D eigenvalue weighted by Gasteiger charge is -2.38. The molecule has 28 heavy (non-hydrogen) atoms. The molecule has 0 aromatic carbocycles. The van der Waals surface area contributed by atoms with E-state index in [2.05, 4.69) is 5.16 Å². The number of carbonyl (C=O) groups excluding carboxylic acids is 2. The molecule has 5 nitrogen and oxygen atoms in total. The summed E-state index contributed by atoms with van der Waals surface area (Å²) in [5.74, 6) is -2.53. The van der Waals surface area contributed by atoms with Gasteiger partial charge in [0, 0.05) is 36.8 Å². The number of ketones is 1. The summed E-state index contributed by atoms with van der Waals surface area (Å²) < 4.78 is 32.2. The summed E-state index contributed by atoms with van der Waals surface area (Å²) in [6.07, 6.45) is 2.37. The van der Waals surface area contributed by atoms with Gasteiger partial charge in [-0.15, -0.1) is 0 Å². The highest BCUT2D eigenvalue weighted by atomic mass is 19.3. The second-order valence-corrected chi connectivity index (χ2v) is 9.25. The highest BCUT2D eigenvalue weighted by molar-refractivity contribution is 5.91. The molecule has 0 radical (unpaired) electrons. The summed E-state index contributed by atoms with van der Waals surface area (Å²) in [5.41, 5.74) is 0.384. The zero-order chi connectivity index (χ0) is 20.5. The van der Waals surface area contributed by atoms with Crippen molar-refractivity contribution in [3.8, 4) is 0 Å². The number of carbonyl (C=O) groups is 2. The summed E-state index contributed by atoms with van der Waals surface area (Å²) in [5, 5.41) is 4.01. The third kappa shape index (κ3) is 4.78. The van der Waals surface area contributed by atoms with Crippen molar-refractivity contribution < 1.29 is 22.9 Å². The van der Waals surface area contributed by atoms with Crippen LogP contribution in [0.2, 0.25) is 0 Å². The first kappa shape index (κ1) is 20.9. The van der Waals surface area contributed by atoms with Gasteiger partial charge < -0.3 is 9.42 Å². The van der Waals surface area contributed by atoms with Gasteiger partial charge in [-0.2, -0.15) is 0 Å². The van der Waals surface area contributed by atoms with E-state index in [1.807, 2.05) is 20.8 Å². The van der Waals surface area contributed by atoms with Gasteiger partial charge in [0.2, 0.25) is 11.8 Å². The SMILES string of the molecule is CC(C)(C)c1cc(CC(=O)C2CCCCN2C(=O)C2CCC(F)(F)CC2)no1. The first-order valence-corrected chi connectivity index (χ1v) is 10.2. The molecule has 0 N–H and O–H groups in total. The Morgan fingerprint density at radius 1 is 1.21 bits per heavy atom. The number of likely N-dealkylation sites (tertiary alicyclic amines) is 1. The normalized spacial score (nSPS) is 23.6. The number of piperidine rings is 1. The average molecular weight is 396 g/mol. The monoisotopic (exact) mass is 396 g/mol. The second-order valence-electron chi connectivity index (χ2n) is 9.25. The zero-order valence-electron chi connectivity index (χ0n) is 17.0. The van der Waals surface area contributed by atoms with Crippen LogP contribution in [0.5, 0.6) is 0 Å². The Morgan fingerprint density at radius 2 is 1.89 bits per heavy atom. The van der Waals surface area contributed by atoms with Gasteiger partial charge in [-0.25, -0.2) is 8.78 Å². The summed E-state index contributed by atoms with van der Waals surface area (Å²) in [4.78, 5) is 27.5. The molecule has 156 valence electrons. The molecule has 3 rings (SSSR count). The molecule has 1 aromatic heterocycles. The smallest absolute Gasteiger partial charge is 0.248 e. The van der Waals surface area contributed by atoms with E-state index in [-0.39, 0.29) is 49.2 Å². The molecular formula is C21H30F2N2O3. The van der Waals surface area contributed by atoms with Crippen molar-refractivity contribution in [1.82, 2.24) is 10.1 Å². The van der Waals surface area contributed by atoms with Crippen LogP contribution in [0.3, 0.4) is 0 Å². The second kappa shape index (κ2) is 7.91. The van der Waals surface area contributed by atoms with E-state index in [1.54, 1.807) is 11.0 Å². The number of Topliss-reactive ketones (excluding diaryl/α,β-unsaturated/α-hetero) is 1. The van der Waals surface area contributed by atoms with Gasteiger partial charge >= 0.3 is 0 Å². The lowest BCUT2D eigenvalue weighted by Crippen LogP contribution is -2.51. The van der Waals surface area contributed by atoms with Crippen molar-refractivity contribution in [3.63, 3.8) is 0 Å². The van der Waals surface area contributed by atoms with E-state index in [1.165, 1.54) is 0 Å². The molecular weight excluding hydrogens is 366 g/mol. The molecule has 0 bridgehead atoms. The number of halogens is 2. The minimum Gasteiger partial charge on any atom is -0.361 e. The van der Waals surface area contributed by atoms with Crippen LogP contribution in [0.25, 0.3) is 0 Å². The molecule has 1 amide bonds. The van der Waals surface area contributed by atoms with Crippen molar-refractivity contribution in [3.05, 3.63) is 17.5 Å². The van der Waals surface area contributed by atoms with Crippen molar-refractivity contribution in [1.29, 1.82) is 0 Å². The fraction of sp³-hybridized carbons (Fsp3) is 0.762. The van der Waals surface area contributed by atoms with Gasteiger partial charge in [-0.3, -0.25) is 9.59 Å². The van der Waals surface area contributed by atoms with Crippen LogP contribution in [0, 0.1) is 5.92 Å². The van der Waals surface area contributed by atoms with Crippen molar-refractivity contribution >= 4 is 11.7 Å². The predicted molar refractivity (Wildman–Crippen MR) is 100 cm³/mol. The molecule has 2 aliphatic rings. The lowest BCUT2D eigenvalue weighted by atomic mass is 9.84. The summed E-state index contributed by atoms with van der Waals surface area (Å²) >= 11 is 0. The van der Waals surface area contributed by atoms with Crippen molar-refractivity contribution in [2.24, 2.45) is 5.92 Å². The van der Waals surface area contributed by atoms with Crippen LogP contribution >= 0.6 is 0 Å². The molecule has 1 aliphatic heterocycles. The Morgan fingerprint density at radius 3 is 2.50 bits per heavy atom. The maximum absolute atomic E-state index is 13.4. The van der Waals surface area contributed by atoms with E-state index in [4.69, 9.17) is 4.52 Å². The predicted octanol–water partition coefficient (Wildman–Crippen LogP) is 4.29. The van der Waals surface area contributed by atoms with Gasteiger partial charge in [0.15, 0.2) is 5.78 Å². The largest absolute Gasteiger partial charge is 0.361 e. The third-order valence-electron chi connectivity index (χ3n) is 5.88. The summed E-state index contributed by atoms with van der Waals surface area (Å²) in [6, 6.07) is 1.31. The first-order chi connectivity index (χ1) is 13.1. The Kier molecular flexibility index (Phi) is 5.92. The number of rotatable bonds is 4. The number of aromatic nitrogens is 1. The Bertz CT molecular complexity index is 713. The highest BCUT2D eigenvalue weighted by Gasteiger charge is 2.41. The molecule has 1 aliphatic carbocycles. The third-order valence-corrected chi connectivity index (χ3v) is 5.88. The van der Waals surface area contributed by atoms with Crippen LogP contribution in [-0.4, -0.2) is 40.3 Å². The van der Waals surface area contributed by atoms with Crippen LogP contribution in [0.15, 0.2) is 10.6 Å². The Balaban J connectivity index is 1.66. The molecule has 1 saturated heterocycles. The van der Waals surface area contributed by atoms with Crippen LogP contribution in [0.4, 0.5) is 8.78 Å². The molecule has 0 spiro atoms. The lowest BCUT2D eigenvalue weighted by molar-refractivity contribution is -0.147. The van der Waals surface area contributed by atoms with Gasteiger partial charge in [0.25, 0.3) is 0 Å². The highest BCUT2D eigenvalue weighted by Crippen LogP contribution is 2.37. The van der Waals surface area contributed by atoms with E-state index in [9.17, 15) is 18.4 Å². The number of hydrogen-bond donors (Lipinski definition) is 0. The van der Waals surface area contributed by atoms with Gasteiger partial charge in [0.1, 0.15) is 5.76 Å². The maximum atomic E-state index is 13.4. The number of nitrogens with zero attached hydrogens (tertiary/aromatic N) is 2. The van der Waals surface area contributed by atoms with Crippen LogP contribution in [0.1, 0.15) is 77.2 Å². The van der Waals surface area contributed by atoms with Crippen molar-refractivity contribution in [2.45, 2.75) is 89.5 Å². The maximum Gasteiger partial charge on any atom is 0.248 e. The molecule has 1 saturated carbocycles. The molecule has 1 aromatic rings. The zero-order valence-corrected chi connectivity index (χ0v) is 17.0. The topological polar surface area (TPSA) is 63.4 Å². The van der Waals surface area contributed by atoms with Crippen LogP contribution in [-0.2, 0) is 21.4 Å². The van der Waals surface area contributed by atoms with Gasteiger partial charge in [-0.1, -0.05) is 25.9 Å². The quantitative estimate of drug-likeness (QED) is 0.762. The van der Waals surface area contributed by atoms with E-state index in [0.29, 0.717) is 18.7 Å². The van der Waals surface area contributed by atoms with Gasteiger partial charge in [-0.05, 0) is 32.1 Å². The molecule has 1 unspecified atom stereocenters. The minimum atomic E-state index is -2.66. The molecule has 2 fully saturated rings. The van der Waals surface area contributed by atoms with E-state index >= 15 is 0 Å².